The molecule has 2 aromatic rings. The van der Waals surface area contributed by atoms with Crippen LogP contribution in [0, 0.1) is 5.41 Å². The van der Waals surface area contributed by atoms with Crippen molar-refractivity contribution in [3.63, 3.8) is 0 Å². The van der Waals surface area contributed by atoms with Gasteiger partial charge >= 0.3 is 0 Å². The molecule has 0 spiro atoms. The quantitative estimate of drug-likeness (QED) is 0.612. The van der Waals surface area contributed by atoms with Crippen LogP contribution in [0.1, 0.15) is 25.0 Å². The molecule has 0 aliphatic heterocycles. The van der Waals surface area contributed by atoms with Crippen LogP contribution in [-0.2, 0) is 0 Å². The van der Waals surface area contributed by atoms with Gasteiger partial charge in [-0.15, -0.1) is 0 Å². The lowest BCUT2D eigenvalue weighted by Gasteiger charge is -2.19. The Kier molecular flexibility index (Phi) is 6.37. The van der Waals surface area contributed by atoms with E-state index in [0.717, 1.165) is 11.1 Å². The van der Waals surface area contributed by atoms with Gasteiger partial charge < -0.3 is 0 Å². The summed E-state index contributed by atoms with van der Waals surface area (Å²) in [6, 6.07) is 15.4. The van der Waals surface area contributed by atoms with E-state index in [9.17, 15) is 0 Å². The van der Waals surface area contributed by atoms with Crippen molar-refractivity contribution in [2.24, 2.45) is 15.4 Å². The van der Waals surface area contributed by atoms with E-state index in [-0.39, 0.29) is 5.41 Å². The van der Waals surface area contributed by atoms with E-state index >= 15 is 0 Å². The van der Waals surface area contributed by atoms with Crippen LogP contribution in [-0.4, -0.2) is 25.5 Å². The van der Waals surface area contributed by atoms with Crippen LogP contribution in [0.25, 0.3) is 0 Å². The fraction of sp³-hybridized carbons (Fsp3) is 0.263. The lowest BCUT2D eigenvalue weighted by molar-refractivity contribution is 0.396. The van der Waals surface area contributed by atoms with Gasteiger partial charge in [-0.25, -0.2) is 0 Å². The Morgan fingerprint density at radius 1 is 0.783 bits per heavy atom. The van der Waals surface area contributed by atoms with E-state index in [1.807, 2.05) is 61.0 Å². The predicted octanol–water partition coefficient (Wildman–Crippen LogP) is 5.56. The molecule has 0 heterocycles. The molecular formula is C19H20Cl2N2. The minimum absolute atomic E-state index is 0.0322. The molecule has 0 aromatic heterocycles. The summed E-state index contributed by atoms with van der Waals surface area (Å²) in [6.07, 6.45) is 3.64. The second-order valence-electron chi connectivity index (χ2n) is 6.15. The van der Waals surface area contributed by atoms with E-state index in [1.165, 1.54) is 0 Å². The zero-order valence-electron chi connectivity index (χ0n) is 13.3. The maximum Gasteiger partial charge on any atom is 0.0493 e. The number of rotatable bonds is 6. The molecule has 2 aromatic carbocycles. The summed E-state index contributed by atoms with van der Waals surface area (Å²) in [4.78, 5) is 9.02. The molecule has 0 amide bonds. The highest BCUT2D eigenvalue weighted by molar-refractivity contribution is 6.33. The number of aliphatic imine (C=N–C) groups is 2. The molecule has 0 fully saturated rings. The molecule has 0 N–H and O–H groups in total. The average molecular weight is 347 g/mol. The third-order valence-corrected chi connectivity index (χ3v) is 4.00. The minimum Gasteiger partial charge on any atom is -0.292 e. The summed E-state index contributed by atoms with van der Waals surface area (Å²) in [5, 5.41) is 1.43. The van der Waals surface area contributed by atoms with Crippen molar-refractivity contribution in [1.29, 1.82) is 0 Å². The largest absolute Gasteiger partial charge is 0.292 e. The van der Waals surface area contributed by atoms with Gasteiger partial charge in [-0.05, 0) is 12.1 Å². The molecule has 0 aliphatic rings. The van der Waals surface area contributed by atoms with Gasteiger partial charge in [-0.3, -0.25) is 9.98 Å². The first-order chi connectivity index (χ1) is 11.0. The molecule has 2 rings (SSSR count). The van der Waals surface area contributed by atoms with Gasteiger partial charge in [-0.2, -0.15) is 0 Å². The normalized spacial score (nSPS) is 12.3. The topological polar surface area (TPSA) is 24.7 Å². The third kappa shape index (κ3) is 5.81. The summed E-state index contributed by atoms with van der Waals surface area (Å²) in [5.41, 5.74) is 1.84. The second kappa shape index (κ2) is 8.28. The Morgan fingerprint density at radius 2 is 1.17 bits per heavy atom. The lowest BCUT2D eigenvalue weighted by atomic mass is 9.94. The zero-order valence-corrected chi connectivity index (χ0v) is 14.8. The fourth-order valence-electron chi connectivity index (χ4n) is 1.99. The Morgan fingerprint density at radius 3 is 1.57 bits per heavy atom. The molecule has 23 heavy (non-hydrogen) atoms. The summed E-state index contributed by atoms with van der Waals surface area (Å²) >= 11 is 12.2. The number of nitrogens with zero attached hydrogens (tertiary/aromatic N) is 2. The molecule has 0 atom stereocenters. The van der Waals surface area contributed by atoms with Crippen LogP contribution >= 0.6 is 23.2 Å². The highest BCUT2D eigenvalue weighted by Crippen LogP contribution is 2.18. The van der Waals surface area contributed by atoms with Gasteiger partial charge in [-0.1, -0.05) is 73.4 Å². The fourth-order valence-corrected chi connectivity index (χ4v) is 2.36. The molecule has 0 unspecified atom stereocenters. The maximum atomic E-state index is 6.11. The van der Waals surface area contributed by atoms with E-state index in [0.29, 0.717) is 23.1 Å². The third-order valence-electron chi connectivity index (χ3n) is 3.31. The Balaban J connectivity index is 1.92. The van der Waals surface area contributed by atoms with Crippen molar-refractivity contribution in [2.75, 3.05) is 13.1 Å². The molecule has 120 valence electrons. The van der Waals surface area contributed by atoms with Crippen LogP contribution < -0.4 is 0 Å². The summed E-state index contributed by atoms with van der Waals surface area (Å²) < 4.78 is 0. The maximum absolute atomic E-state index is 6.11. The molecule has 0 saturated heterocycles. The molecule has 0 saturated carbocycles. The van der Waals surface area contributed by atoms with Crippen LogP contribution in [0.3, 0.4) is 0 Å². The van der Waals surface area contributed by atoms with Gasteiger partial charge in [0.05, 0.1) is 0 Å². The van der Waals surface area contributed by atoms with E-state index in [1.54, 1.807) is 0 Å². The average Bonchev–Trinajstić information content (AvgIpc) is 2.51. The zero-order chi connectivity index (χ0) is 16.7. The van der Waals surface area contributed by atoms with Crippen molar-refractivity contribution in [3.8, 4) is 0 Å². The van der Waals surface area contributed by atoms with Gasteiger partial charge in [0.25, 0.3) is 0 Å². The van der Waals surface area contributed by atoms with Crippen molar-refractivity contribution in [3.05, 3.63) is 69.7 Å². The highest BCUT2D eigenvalue weighted by Gasteiger charge is 2.16. The summed E-state index contributed by atoms with van der Waals surface area (Å²) in [6.45, 7) is 5.64. The molecular weight excluding hydrogens is 327 g/mol. The smallest absolute Gasteiger partial charge is 0.0493 e. The number of hydrogen-bond acceptors (Lipinski definition) is 2. The van der Waals surface area contributed by atoms with E-state index in [2.05, 4.69) is 23.8 Å². The van der Waals surface area contributed by atoms with Crippen LogP contribution in [0.4, 0.5) is 0 Å². The predicted molar refractivity (Wildman–Crippen MR) is 102 cm³/mol. The second-order valence-corrected chi connectivity index (χ2v) is 6.96. The van der Waals surface area contributed by atoms with Crippen LogP contribution in [0.15, 0.2) is 58.5 Å². The standard InChI is InChI=1S/C19H20Cl2N2/c1-19(2,13-22-11-15-7-3-5-9-17(15)20)14-23-12-16-8-4-6-10-18(16)21/h3-12H,13-14H2,1-2H3/b22-11-,23-12-. The first-order valence-corrected chi connectivity index (χ1v) is 8.22. The lowest BCUT2D eigenvalue weighted by Crippen LogP contribution is -2.19. The van der Waals surface area contributed by atoms with Gasteiger partial charge in [0.2, 0.25) is 0 Å². The Hall–Kier alpha value is -1.64. The molecule has 0 radical (unpaired) electrons. The summed E-state index contributed by atoms with van der Waals surface area (Å²) in [5.74, 6) is 0. The highest BCUT2D eigenvalue weighted by atomic mass is 35.5. The van der Waals surface area contributed by atoms with Crippen LogP contribution in [0.2, 0.25) is 10.0 Å². The molecule has 0 bridgehead atoms. The first-order valence-electron chi connectivity index (χ1n) is 7.47. The van der Waals surface area contributed by atoms with Crippen molar-refractivity contribution >= 4 is 35.6 Å². The van der Waals surface area contributed by atoms with Crippen LogP contribution in [0.5, 0.6) is 0 Å². The number of benzene rings is 2. The minimum atomic E-state index is -0.0322. The van der Waals surface area contributed by atoms with Gasteiger partial charge in [0.15, 0.2) is 0 Å². The van der Waals surface area contributed by atoms with E-state index in [4.69, 9.17) is 23.2 Å². The molecule has 2 nitrogen and oxygen atoms in total. The first kappa shape index (κ1) is 17.7. The van der Waals surface area contributed by atoms with Gasteiger partial charge in [0, 0.05) is 52.1 Å². The van der Waals surface area contributed by atoms with Crippen molar-refractivity contribution in [2.45, 2.75) is 13.8 Å². The SMILES string of the molecule is CC(C)(C/N=C\c1ccccc1Cl)C/N=C\c1ccccc1Cl. The van der Waals surface area contributed by atoms with Crippen molar-refractivity contribution < 1.29 is 0 Å². The van der Waals surface area contributed by atoms with Crippen molar-refractivity contribution in [1.82, 2.24) is 0 Å². The van der Waals surface area contributed by atoms with E-state index < -0.39 is 0 Å². The number of hydrogen-bond donors (Lipinski definition) is 0. The Labute approximate surface area is 147 Å². The monoisotopic (exact) mass is 346 g/mol. The number of halogens is 2. The summed E-state index contributed by atoms with van der Waals surface area (Å²) in [7, 11) is 0. The van der Waals surface area contributed by atoms with Gasteiger partial charge in [0.1, 0.15) is 0 Å². The molecule has 0 aliphatic carbocycles. The molecule has 4 heteroatoms. The Bertz CT molecular complexity index is 647.